The van der Waals surface area contributed by atoms with E-state index in [1.165, 1.54) is 21.8 Å². The molecule has 0 atom stereocenters. The van der Waals surface area contributed by atoms with E-state index in [-0.39, 0.29) is 5.91 Å². The molecule has 1 aliphatic rings. The number of primary amides is 1. The van der Waals surface area contributed by atoms with Crippen molar-refractivity contribution >= 4 is 50.8 Å². The van der Waals surface area contributed by atoms with Crippen molar-refractivity contribution < 1.29 is 9.59 Å². The van der Waals surface area contributed by atoms with Crippen LogP contribution in [-0.4, -0.2) is 22.6 Å². The Morgan fingerprint density at radius 3 is 2.80 bits per heavy atom. The minimum atomic E-state index is -0.453. The molecule has 0 unspecified atom stereocenters. The number of fused-ring (bicyclic) bond motifs is 2. The van der Waals surface area contributed by atoms with E-state index in [1.807, 2.05) is 6.07 Å². The Morgan fingerprint density at radius 2 is 2.00 bits per heavy atom. The van der Waals surface area contributed by atoms with Gasteiger partial charge in [-0.05, 0) is 62.3 Å². The number of rotatable bonds is 6. The van der Waals surface area contributed by atoms with Crippen molar-refractivity contribution in [3.8, 4) is 0 Å². The molecule has 0 aliphatic heterocycles. The fraction of sp³-hybridized carbons (Fsp3) is 0.348. The van der Waals surface area contributed by atoms with E-state index in [9.17, 15) is 9.59 Å². The summed E-state index contributed by atoms with van der Waals surface area (Å²) in [6.07, 6.45) is 4.34. The predicted molar refractivity (Wildman–Crippen MR) is 125 cm³/mol. The van der Waals surface area contributed by atoms with Gasteiger partial charge in [0, 0.05) is 22.4 Å². The molecule has 0 saturated heterocycles. The van der Waals surface area contributed by atoms with E-state index < -0.39 is 5.91 Å². The van der Waals surface area contributed by atoms with Crippen molar-refractivity contribution in [2.24, 2.45) is 5.73 Å². The average Bonchev–Trinajstić information content (AvgIpc) is 3.06. The number of benzene rings is 1. The van der Waals surface area contributed by atoms with Gasteiger partial charge < -0.3 is 11.1 Å². The Labute approximate surface area is 184 Å². The third-order valence-corrected chi connectivity index (χ3v) is 7.59. The van der Waals surface area contributed by atoms with Crippen LogP contribution in [0, 0.1) is 13.8 Å². The molecular weight excluding hydrogens is 414 g/mol. The SMILES string of the molecule is Cc1cc(SCCC(=O)Nc2sc3c(c2C(N)=O)CCCC3)nc2c(C)cccc12. The highest BCUT2D eigenvalue weighted by Crippen LogP contribution is 2.38. The molecule has 4 rings (SSSR count). The summed E-state index contributed by atoms with van der Waals surface area (Å²) in [5.41, 5.74) is 10.5. The lowest BCUT2D eigenvalue weighted by Crippen LogP contribution is -2.18. The fourth-order valence-electron chi connectivity index (χ4n) is 3.96. The molecule has 1 aromatic carbocycles. The van der Waals surface area contributed by atoms with Crippen LogP contribution in [-0.2, 0) is 17.6 Å². The summed E-state index contributed by atoms with van der Waals surface area (Å²) in [6, 6.07) is 8.27. The zero-order valence-electron chi connectivity index (χ0n) is 17.2. The summed E-state index contributed by atoms with van der Waals surface area (Å²) in [7, 11) is 0. The number of amides is 2. The average molecular weight is 440 g/mol. The lowest BCUT2D eigenvalue weighted by Gasteiger charge is -2.11. The van der Waals surface area contributed by atoms with Crippen LogP contribution in [0.25, 0.3) is 10.9 Å². The number of anilines is 1. The third-order valence-electron chi connectivity index (χ3n) is 5.47. The zero-order valence-corrected chi connectivity index (χ0v) is 18.8. The highest BCUT2D eigenvalue weighted by Gasteiger charge is 2.24. The van der Waals surface area contributed by atoms with Crippen LogP contribution in [0.4, 0.5) is 5.00 Å². The van der Waals surface area contributed by atoms with Gasteiger partial charge in [0.15, 0.2) is 0 Å². The highest BCUT2D eigenvalue weighted by atomic mass is 32.2. The minimum absolute atomic E-state index is 0.0997. The quantitative estimate of drug-likeness (QED) is 0.529. The standard InChI is InChI=1S/C23H25N3O2S2/c1-13-6-5-8-15-14(2)12-19(26-21(13)15)29-11-10-18(27)25-23-20(22(24)28)16-7-3-4-9-17(16)30-23/h5-6,8,12H,3-4,7,9-11H2,1-2H3,(H2,24,28)(H,25,27). The van der Waals surface area contributed by atoms with E-state index in [0.29, 0.717) is 22.7 Å². The van der Waals surface area contributed by atoms with Gasteiger partial charge in [-0.25, -0.2) is 4.98 Å². The van der Waals surface area contributed by atoms with Gasteiger partial charge in [-0.2, -0.15) is 0 Å². The second-order valence-corrected chi connectivity index (χ2v) is 9.89. The Kier molecular flexibility index (Phi) is 6.11. The van der Waals surface area contributed by atoms with Gasteiger partial charge in [0.1, 0.15) is 5.00 Å². The number of pyridine rings is 1. The molecule has 7 heteroatoms. The van der Waals surface area contributed by atoms with E-state index in [1.54, 1.807) is 11.8 Å². The van der Waals surface area contributed by atoms with Gasteiger partial charge in [0.05, 0.1) is 16.1 Å². The first-order valence-electron chi connectivity index (χ1n) is 10.2. The van der Waals surface area contributed by atoms with Crippen LogP contribution in [0.3, 0.4) is 0 Å². The van der Waals surface area contributed by atoms with Crippen LogP contribution in [0.2, 0.25) is 0 Å². The second kappa shape index (κ2) is 8.78. The van der Waals surface area contributed by atoms with Gasteiger partial charge in [-0.15, -0.1) is 23.1 Å². The van der Waals surface area contributed by atoms with Gasteiger partial charge in [-0.1, -0.05) is 18.2 Å². The number of hydrogen-bond acceptors (Lipinski definition) is 5. The minimum Gasteiger partial charge on any atom is -0.365 e. The first-order chi connectivity index (χ1) is 14.4. The summed E-state index contributed by atoms with van der Waals surface area (Å²) >= 11 is 3.08. The lowest BCUT2D eigenvalue weighted by atomic mass is 9.95. The van der Waals surface area contributed by atoms with Crippen molar-refractivity contribution in [3.63, 3.8) is 0 Å². The largest absolute Gasteiger partial charge is 0.365 e. The predicted octanol–water partition coefficient (Wildman–Crippen LogP) is 5.01. The van der Waals surface area contributed by atoms with Gasteiger partial charge in [0.2, 0.25) is 5.91 Å². The van der Waals surface area contributed by atoms with E-state index in [0.717, 1.165) is 52.7 Å². The Hall–Kier alpha value is -2.38. The van der Waals surface area contributed by atoms with Crippen LogP contribution in [0.5, 0.6) is 0 Å². The van der Waals surface area contributed by atoms with Crippen LogP contribution >= 0.6 is 23.1 Å². The van der Waals surface area contributed by atoms with Crippen molar-refractivity contribution in [2.75, 3.05) is 11.1 Å². The molecule has 30 heavy (non-hydrogen) atoms. The van der Waals surface area contributed by atoms with Crippen molar-refractivity contribution in [2.45, 2.75) is 51.0 Å². The second-order valence-electron chi connectivity index (χ2n) is 7.67. The van der Waals surface area contributed by atoms with Gasteiger partial charge in [-0.3, -0.25) is 9.59 Å². The number of aromatic nitrogens is 1. The summed E-state index contributed by atoms with van der Waals surface area (Å²) in [4.78, 5) is 30.5. The topological polar surface area (TPSA) is 85.1 Å². The summed E-state index contributed by atoms with van der Waals surface area (Å²) in [5.74, 6) is 0.0645. The van der Waals surface area contributed by atoms with E-state index in [4.69, 9.17) is 10.7 Å². The van der Waals surface area contributed by atoms with E-state index in [2.05, 4.69) is 37.4 Å². The maximum Gasteiger partial charge on any atom is 0.251 e. The molecule has 2 amide bonds. The van der Waals surface area contributed by atoms with Crippen LogP contribution < -0.4 is 11.1 Å². The van der Waals surface area contributed by atoms with Crippen LogP contribution in [0.15, 0.2) is 29.3 Å². The third kappa shape index (κ3) is 4.23. The number of carbonyl (C=O) groups excluding carboxylic acids is 2. The Balaban J connectivity index is 1.42. The fourth-order valence-corrected chi connectivity index (χ4v) is 6.18. The van der Waals surface area contributed by atoms with Crippen molar-refractivity contribution in [1.29, 1.82) is 0 Å². The van der Waals surface area contributed by atoms with Crippen LogP contribution in [0.1, 0.15) is 51.2 Å². The molecule has 0 spiro atoms. The normalized spacial score (nSPS) is 13.3. The molecule has 0 saturated carbocycles. The maximum atomic E-state index is 12.5. The van der Waals surface area contributed by atoms with Gasteiger partial charge in [0.25, 0.3) is 5.91 Å². The number of para-hydroxylation sites is 1. The first-order valence-corrected chi connectivity index (χ1v) is 12.0. The number of nitrogens with two attached hydrogens (primary N) is 1. The molecule has 5 nitrogen and oxygen atoms in total. The van der Waals surface area contributed by atoms with Crippen molar-refractivity contribution in [3.05, 3.63) is 51.4 Å². The zero-order chi connectivity index (χ0) is 21.3. The molecule has 0 radical (unpaired) electrons. The van der Waals surface area contributed by atoms with E-state index >= 15 is 0 Å². The molecule has 3 N–H and O–H groups in total. The monoisotopic (exact) mass is 439 g/mol. The Bertz CT molecular complexity index is 1140. The molecule has 3 aromatic rings. The number of hydrogen-bond donors (Lipinski definition) is 2. The summed E-state index contributed by atoms with van der Waals surface area (Å²) in [6.45, 7) is 4.15. The number of thiophene rings is 1. The molecule has 0 bridgehead atoms. The Morgan fingerprint density at radius 1 is 1.20 bits per heavy atom. The first kappa shape index (κ1) is 20.9. The summed E-state index contributed by atoms with van der Waals surface area (Å²) in [5, 5.41) is 5.63. The molecule has 2 heterocycles. The molecule has 156 valence electrons. The number of nitrogens with zero attached hydrogens (tertiary/aromatic N) is 1. The molecule has 0 fully saturated rings. The molecule has 1 aliphatic carbocycles. The smallest absolute Gasteiger partial charge is 0.251 e. The highest BCUT2D eigenvalue weighted by molar-refractivity contribution is 7.99. The number of thioether (sulfide) groups is 1. The summed E-state index contributed by atoms with van der Waals surface area (Å²) < 4.78 is 0. The molecule has 2 aromatic heterocycles. The lowest BCUT2D eigenvalue weighted by molar-refractivity contribution is -0.115. The number of nitrogens with one attached hydrogen (secondary N) is 1. The number of carbonyl (C=O) groups is 2. The van der Waals surface area contributed by atoms with Crippen molar-refractivity contribution in [1.82, 2.24) is 4.98 Å². The number of aryl methyl sites for hydroxylation is 3. The van der Waals surface area contributed by atoms with Gasteiger partial charge >= 0.3 is 0 Å². The molecular formula is C23H25N3O2S2. The maximum absolute atomic E-state index is 12.5.